The molecular formula is C10H11BrO3. The van der Waals surface area contributed by atoms with Gasteiger partial charge < -0.3 is 9.47 Å². The molecule has 3 nitrogen and oxygen atoms in total. The van der Waals surface area contributed by atoms with Gasteiger partial charge in [-0.25, -0.2) is 0 Å². The zero-order valence-electron chi connectivity index (χ0n) is 8.04. The molecule has 0 heterocycles. The first-order valence-electron chi connectivity index (χ1n) is 4.09. The van der Waals surface area contributed by atoms with Crippen LogP contribution in [0.25, 0.3) is 0 Å². The molecule has 0 fully saturated rings. The van der Waals surface area contributed by atoms with E-state index in [4.69, 9.17) is 9.47 Å². The number of methoxy groups -OCH3 is 1. The lowest BCUT2D eigenvalue weighted by Gasteiger charge is -2.09. The van der Waals surface area contributed by atoms with Gasteiger partial charge in [0.05, 0.1) is 7.11 Å². The third kappa shape index (κ3) is 3.03. The van der Waals surface area contributed by atoms with E-state index >= 15 is 0 Å². The summed E-state index contributed by atoms with van der Waals surface area (Å²) in [6, 6.07) is 5.37. The van der Waals surface area contributed by atoms with Crippen LogP contribution in [0.15, 0.2) is 22.7 Å². The van der Waals surface area contributed by atoms with Gasteiger partial charge in [-0.2, -0.15) is 0 Å². The number of hydrogen-bond donors (Lipinski definition) is 0. The maximum absolute atomic E-state index is 10.7. The average Bonchev–Trinajstić information content (AvgIpc) is 2.15. The van der Waals surface area contributed by atoms with Crippen molar-refractivity contribution in [1.29, 1.82) is 0 Å². The van der Waals surface area contributed by atoms with Crippen molar-refractivity contribution in [1.82, 2.24) is 0 Å². The molecule has 0 bridgehead atoms. The van der Waals surface area contributed by atoms with E-state index in [9.17, 15) is 4.79 Å². The van der Waals surface area contributed by atoms with Gasteiger partial charge in [-0.1, -0.05) is 15.9 Å². The number of hydrogen-bond acceptors (Lipinski definition) is 3. The Hall–Kier alpha value is -1.03. The Kier molecular flexibility index (Phi) is 3.95. The van der Waals surface area contributed by atoms with Gasteiger partial charge in [-0.15, -0.1) is 0 Å². The first-order valence-corrected chi connectivity index (χ1v) is 4.88. The molecule has 0 atom stereocenters. The fraction of sp³-hybridized carbons (Fsp3) is 0.300. The summed E-state index contributed by atoms with van der Waals surface area (Å²) in [4.78, 5) is 10.7. The highest BCUT2D eigenvalue weighted by atomic mass is 79.9. The van der Waals surface area contributed by atoms with Gasteiger partial charge in [-0.3, -0.25) is 4.79 Å². The van der Waals surface area contributed by atoms with Crippen LogP contribution in [0.5, 0.6) is 11.5 Å². The van der Waals surface area contributed by atoms with Crippen LogP contribution in [0.4, 0.5) is 0 Å². The van der Waals surface area contributed by atoms with Gasteiger partial charge in [0.1, 0.15) is 6.61 Å². The molecular weight excluding hydrogens is 248 g/mol. The number of ether oxygens (including phenoxy) is 2. The molecule has 1 aromatic carbocycles. The normalized spacial score (nSPS) is 9.64. The van der Waals surface area contributed by atoms with Gasteiger partial charge in [0.2, 0.25) is 0 Å². The van der Waals surface area contributed by atoms with Crippen molar-refractivity contribution >= 4 is 21.7 Å². The van der Waals surface area contributed by atoms with Crippen molar-refractivity contribution in [2.75, 3.05) is 13.7 Å². The molecule has 0 aliphatic heterocycles. The van der Waals surface area contributed by atoms with E-state index in [0.29, 0.717) is 11.5 Å². The molecule has 1 rings (SSSR count). The fourth-order valence-corrected chi connectivity index (χ4v) is 1.28. The van der Waals surface area contributed by atoms with E-state index in [0.717, 1.165) is 4.47 Å². The zero-order chi connectivity index (χ0) is 10.6. The van der Waals surface area contributed by atoms with Crippen LogP contribution >= 0.6 is 15.9 Å². The van der Waals surface area contributed by atoms with E-state index < -0.39 is 0 Å². The molecule has 0 N–H and O–H groups in total. The molecule has 14 heavy (non-hydrogen) atoms. The second kappa shape index (κ2) is 5.00. The standard InChI is InChI=1S/C10H11BrO3/c1-7(12)6-14-9-4-3-8(11)5-10(9)13-2/h3-5H,6H2,1-2H3. The number of Topliss-reactive ketones (excluding diaryl/α,β-unsaturated/α-hetero) is 1. The maximum atomic E-state index is 10.7. The van der Waals surface area contributed by atoms with Crippen LogP contribution in [0.1, 0.15) is 6.92 Å². The lowest BCUT2D eigenvalue weighted by molar-refractivity contribution is -0.118. The molecule has 0 unspecified atom stereocenters. The second-order valence-electron chi connectivity index (χ2n) is 2.79. The molecule has 0 amide bonds. The Morgan fingerprint density at radius 2 is 2.14 bits per heavy atom. The topological polar surface area (TPSA) is 35.5 Å². The van der Waals surface area contributed by atoms with E-state index in [2.05, 4.69) is 15.9 Å². The molecule has 0 radical (unpaired) electrons. The third-order valence-corrected chi connectivity index (χ3v) is 2.05. The van der Waals surface area contributed by atoms with Crippen LogP contribution in [0.2, 0.25) is 0 Å². The van der Waals surface area contributed by atoms with Crippen LogP contribution in [0.3, 0.4) is 0 Å². The molecule has 0 spiro atoms. The maximum Gasteiger partial charge on any atom is 0.167 e. The van der Waals surface area contributed by atoms with Crippen LogP contribution in [0, 0.1) is 0 Å². The minimum Gasteiger partial charge on any atom is -0.493 e. The Labute approximate surface area is 91.1 Å². The molecule has 4 heteroatoms. The van der Waals surface area contributed by atoms with Crippen molar-refractivity contribution in [3.05, 3.63) is 22.7 Å². The van der Waals surface area contributed by atoms with Gasteiger partial charge >= 0.3 is 0 Å². The van der Waals surface area contributed by atoms with Crippen molar-refractivity contribution in [2.24, 2.45) is 0 Å². The molecule has 0 aromatic heterocycles. The SMILES string of the molecule is COc1cc(Br)ccc1OCC(C)=O. The predicted molar refractivity (Wildman–Crippen MR) is 56.9 cm³/mol. The highest BCUT2D eigenvalue weighted by molar-refractivity contribution is 9.10. The fourth-order valence-electron chi connectivity index (χ4n) is 0.940. The summed E-state index contributed by atoms with van der Waals surface area (Å²) in [5.41, 5.74) is 0. The summed E-state index contributed by atoms with van der Waals surface area (Å²) in [6.45, 7) is 1.54. The summed E-state index contributed by atoms with van der Waals surface area (Å²) in [6.07, 6.45) is 0. The molecule has 76 valence electrons. The Balaban J connectivity index is 2.80. The summed E-state index contributed by atoms with van der Waals surface area (Å²) in [5.74, 6) is 1.17. The smallest absolute Gasteiger partial charge is 0.167 e. The van der Waals surface area contributed by atoms with Crippen molar-refractivity contribution in [3.63, 3.8) is 0 Å². The largest absolute Gasteiger partial charge is 0.493 e. The van der Waals surface area contributed by atoms with E-state index in [1.165, 1.54) is 6.92 Å². The number of carbonyl (C=O) groups is 1. The first kappa shape index (κ1) is 11.0. The van der Waals surface area contributed by atoms with Crippen molar-refractivity contribution in [2.45, 2.75) is 6.92 Å². The predicted octanol–water partition coefficient (Wildman–Crippen LogP) is 2.43. The third-order valence-electron chi connectivity index (χ3n) is 1.56. The van der Waals surface area contributed by atoms with Crippen LogP contribution < -0.4 is 9.47 Å². The Morgan fingerprint density at radius 3 is 2.71 bits per heavy atom. The number of benzene rings is 1. The average molecular weight is 259 g/mol. The number of carbonyl (C=O) groups excluding carboxylic acids is 1. The van der Waals surface area contributed by atoms with Gasteiger partial charge in [0.15, 0.2) is 17.3 Å². The number of ketones is 1. The molecule has 0 saturated carbocycles. The molecule has 0 aliphatic carbocycles. The van der Waals surface area contributed by atoms with Crippen LogP contribution in [-0.2, 0) is 4.79 Å². The minimum atomic E-state index is -0.0185. The molecule has 0 saturated heterocycles. The summed E-state index contributed by atoms with van der Waals surface area (Å²) in [5, 5.41) is 0. The Morgan fingerprint density at radius 1 is 1.43 bits per heavy atom. The van der Waals surface area contributed by atoms with Gasteiger partial charge in [0, 0.05) is 4.47 Å². The molecule has 0 aliphatic rings. The highest BCUT2D eigenvalue weighted by Gasteiger charge is 2.05. The van der Waals surface area contributed by atoms with Crippen LogP contribution in [-0.4, -0.2) is 19.5 Å². The zero-order valence-corrected chi connectivity index (χ0v) is 9.63. The highest BCUT2D eigenvalue weighted by Crippen LogP contribution is 2.29. The summed E-state index contributed by atoms with van der Waals surface area (Å²) in [7, 11) is 1.56. The van der Waals surface area contributed by atoms with Gasteiger partial charge in [0.25, 0.3) is 0 Å². The lowest BCUT2D eigenvalue weighted by atomic mass is 10.3. The molecule has 1 aromatic rings. The van der Waals surface area contributed by atoms with Crippen molar-refractivity contribution < 1.29 is 14.3 Å². The summed E-state index contributed by atoms with van der Waals surface area (Å²) < 4.78 is 11.2. The van der Waals surface area contributed by atoms with Crippen molar-refractivity contribution in [3.8, 4) is 11.5 Å². The lowest BCUT2D eigenvalue weighted by Crippen LogP contribution is -2.07. The Bertz CT molecular complexity index is 336. The van der Waals surface area contributed by atoms with E-state index in [1.807, 2.05) is 6.07 Å². The number of rotatable bonds is 4. The van der Waals surface area contributed by atoms with E-state index in [-0.39, 0.29) is 12.4 Å². The minimum absolute atomic E-state index is 0.0185. The van der Waals surface area contributed by atoms with Gasteiger partial charge in [-0.05, 0) is 25.1 Å². The number of halogens is 1. The monoisotopic (exact) mass is 258 g/mol. The quantitative estimate of drug-likeness (QED) is 0.833. The summed E-state index contributed by atoms with van der Waals surface area (Å²) >= 11 is 3.31. The second-order valence-corrected chi connectivity index (χ2v) is 3.70. The van der Waals surface area contributed by atoms with E-state index in [1.54, 1.807) is 19.2 Å². The first-order chi connectivity index (χ1) is 6.63.